The van der Waals surface area contributed by atoms with E-state index in [1.165, 1.54) is 0 Å². The van der Waals surface area contributed by atoms with Gasteiger partial charge in [0.2, 0.25) is 11.7 Å². The van der Waals surface area contributed by atoms with Crippen molar-refractivity contribution in [3.63, 3.8) is 0 Å². The maximum atomic E-state index is 12.6. The molecule has 2 aliphatic rings. The number of piperidine rings is 1. The molecule has 7 nitrogen and oxygen atoms in total. The molecule has 2 aliphatic heterocycles. The molecule has 0 radical (unpaired) electrons. The second-order valence-corrected chi connectivity index (χ2v) is 12.9. The Kier molecular flexibility index (Phi) is 6.21. The van der Waals surface area contributed by atoms with Gasteiger partial charge in [0.05, 0.1) is 5.75 Å². The van der Waals surface area contributed by atoms with E-state index in [-0.39, 0.29) is 28.5 Å². The highest BCUT2D eigenvalue weighted by Crippen LogP contribution is 2.41. The highest BCUT2D eigenvalue weighted by molar-refractivity contribution is 7.89. The molecule has 0 atom stereocenters. The Morgan fingerprint density at radius 2 is 1.74 bits per heavy atom. The molecule has 3 heterocycles. The van der Waals surface area contributed by atoms with Crippen LogP contribution in [0.15, 0.2) is 53.1 Å². The first-order valence-electron chi connectivity index (χ1n) is 12.3. The third-order valence-corrected chi connectivity index (χ3v) is 8.62. The zero-order valence-electron chi connectivity index (χ0n) is 20.7. The van der Waals surface area contributed by atoms with Gasteiger partial charge in [-0.25, -0.2) is 8.42 Å². The van der Waals surface area contributed by atoms with E-state index in [2.05, 4.69) is 35.8 Å². The van der Waals surface area contributed by atoms with Crippen LogP contribution in [0.3, 0.4) is 0 Å². The topological polar surface area (TPSA) is 85.5 Å². The minimum absolute atomic E-state index is 0.0585. The van der Waals surface area contributed by atoms with Gasteiger partial charge in [0, 0.05) is 24.2 Å². The normalized spacial score (nSPS) is 18.3. The maximum absolute atomic E-state index is 12.6. The molecule has 3 aromatic rings. The van der Waals surface area contributed by atoms with E-state index in [1.54, 1.807) is 12.1 Å². The fourth-order valence-corrected chi connectivity index (χ4v) is 6.39. The van der Waals surface area contributed by atoms with E-state index in [9.17, 15) is 8.42 Å². The number of ether oxygens (including phenoxy) is 1. The summed E-state index contributed by atoms with van der Waals surface area (Å²) in [4.78, 5) is 6.90. The molecule has 8 heteroatoms. The van der Waals surface area contributed by atoms with Crippen LogP contribution >= 0.6 is 0 Å². The first kappa shape index (κ1) is 24.0. The summed E-state index contributed by atoms with van der Waals surface area (Å²) in [5, 5.41) is 4.04. The van der Waals surface area contributed by atoms with E-state index in [0.717, 1.165) is 61.2 Å². The van der Waals surface area contributed by atoms with E-state index < -0.39 is 9.84 Å². The molecule has 186 valence electrons. The van der Waals surface area contributed by atoms with Crippen LogP contribution in [0, 0.1) is 0 Å². The number of hydrogen-bond donors (Lipinski definition) is 0. The lowest BCUT2D eigenvalue weighted by Crippen LogP contribution is -2.54. The lowest BCUT2D eigenvalue weighted by Gasteiger charge is -2.48. The molecule has 1 fully saturated rings. The molecular formula is C27H33N3O4S. The molecular weight excluding hydrogens is 462 g/mol. The van der Waals surface area contributed by atoms with Gasteiger partial charge in [0.1, 0.15) is 17.1 Å². The Hall–Kier alpha value is -2.71. The van der Waals surface area contributed by atoms with Crippen molar-refractivity contribution in [2.45, 2.75) is 69.1 Å². The zero-order valence-corrected chi connectivity index (χ0v) is 21.5. The molecule has 0 N–H and O–H groups in total. The van der Waals surface area contributed by atoms with Gasteiger partial charge < -0.3 is 9.26 Å². The highest BCUT2D eigenvalue weighted by Gasteiger charge is 2.41. The summed E-state index contributed by atoms with van der Waals surface area (Å²) in [7, 11) is -3.42. The molecule has 1 aromatic heterocycles. The molecule has 1 saturated heterocycles. The molecule has 35 heavy (non-hydrogen) atoms. The molecule has 0 amide bonds. The molecule has 0 saturated carbocycles. The zero-order chi connectivity index (χ0) is 24.7. The number of aromatic nitrogens is 2. The van der Waals surface area contributed by atoms with Crippen LogP contribution in [0.4, 0.5) is 0 Å². The van der Waals surface area contributed by atoms with Crippen molar-refractivity contribution in [2.75, 3.05) is 13.1 Å². The van der Waals surface area contributed by atoms with Crippen molar-refractivity contribution in [1.82, 2.24) is 15.0 Å². The van der Waals surface area contributed by atoms with Crippen molar-refractivity contribution in [2.24, 2.45) is 0 Å². The molecule has 0 aliphatic carbocycles. The van der Waals surface area contributed by atoms with E-state index in [0.29, 0.717) is 5.82 Å². The van der Waals surface area contributed by atoms with Gasteiger partial charge in [-0.05, 0) is 75.8 Å². The average molecular weight is 496 g/mol. The Bertz CT molecular complexity index is 1290. The van der Waals surface area contributed by atoms with Crippen LogP contribution in [-0.4, -0.2) is 47.7 Å². The standard InChI is InChI=1S/C27H33N3O4S/c1-26(2,3)30-15-13-27(14-16-30)12-11-21-17-22(9-10-23(21)33-27)25-28-24(34-29-25)19-35(31,32)18-20-7-5-4-6-8-20/h4-10,17H,11-16,18-19H2,1-3H3. The minimum atomic E-state index is -3.42. The number of sulfone groups is 1. The first-order chi connectivity index (χ1) is 16.6. The van der Waals surface area contributed by atoms with Crippen LogP contribution in [0.1, 0.15) is 57.1 Å². The van der Waals surface area contributed by atoms with Crippen molar-refractivity contribution < 1.29 is 17.7 Å². The first-order valence-corrected chi connectivity index (χ1v) is 14.1. The molecule has 1 spiro atoms. The van der Waals surface area contributed by atoms with Gasteiger partial charge in [0.25, 0.3) is 0 Å². The quantitative estimate of drug-likeness (QED) is 0.502. The summed E-state index contributed by atoms with van der Waals surface area (Å²) in [5.41, 5.74) is 2.79. The Balaban J connectivity index is 1.26. The third-order valence-electron chi connectivity index (χ3n) is 7.16. The fourth-order valence-electron chi connectivity index (χ4n) is 5.10. The maximum Gasteiger partial charge on any atom is 0.242 e. The third kappa shape index (κ3) is 5.43. The van der Waals surface area contributed by atoms with E-state index >= 15 is 0 Å². The van der Waals surface area contributed by atoms with Crippen molar-refractivity contribution >= 4 is 9.84 Å². The largest absolute Gasteiger partial charge is 0.487 e. The summed E-state index contributed by atoms with van der Waals surface area (Å²) in [6, 6.07) is 15.1. The van der Waals surface area contributed by atoms with E-state index in [4.69, 9.17) is 9.26 Å². The molecule has 2 aromatic carbocycles. The second kappa shape index (κ2) is 9.06. The summed E-state index contributed by atoms with van der Waals surface area (Å²) >= 11 is 0. The Morgan fingerprint density at radius 3 is 2.46 bits per heavy atom. The van der Waals surface area contributed by atoms with Gasteiger partial charge >= 0.3 is 0 Å². The predicted molar refractivity (Wildman–Crippen MR) is 135 cm³/mol. The van der Waals surface area contributed by atoms with Gasteiger partial charge in [-0.15, -0.1) is 0 Å². The fraction of sp³-hybridized carbons (Fsp3) is 0.481. The highest BCUT2D eigenvalue weighted by atomic mass is 32.2. The minimum Gasteiger partial charge on any atom is -0.487 e. The van der Waals surface area contributed by atoms with Gasteiger partial charge in [-0.1, -0.05) is 35.5 Å². The van der Waals surface area contributed by atoms with Gasteiger partial charge in [-0.2, -0.15) is 4.98 Å². The average Bonchev–Trinajstić information content (AvgIpc) is 3.26. The van der Waals surface area contributed by atoms with Crippen molar-refractivity contribution in [3.8, 4) is 17.1 Å². The van der Waals surface area contributed by atoms with E-state index in [1.807, 2.05) is 36.4 Å². The number of hydrogen-bond acceptors (Lipinski definition) is 7. The van der Waals surface area contributed by atoms with Crippen molar-refractivity contribution in [3.05, 3.63) is 65.5 Å². The number of aryl methyl sites for hydroxylation is 1. The summed E-state index contributed by atoms with van der Waals surface area (Å²) < 4.78 is 37.0. The molecule has 5 rings (SSSR count). The molecule has 0 bridgehead atoms. The SMILES string of the molecule is CC(C)(C)N1CCC2(CCc3cc(-c4noc(CS(=O)(=O)Cc5ccccc5)n4)ccc3O2)CC1. The van der Waals surface area contributed by atoms with Crippen LogP contribution in [0.25, 0.3) is 11.4 Å². The summed E-state index contributed by atoms with van der Waals surface area (Å²) in [6.07, 6.45) is 4.01. The predicted octanol–water partition coefficient (Wildman–Crippen LogP) is 4.81. The van der Waals surface area contributed by atoms with Crippen LogP contribution < -0.4 is 4.74 Å². The monoisotopic (exact) mass is 495 g/mol. The Morgan fingerprint density at radius 1 is 1.00 bits per heavy atom. The van der Waals surface area contributed by atoms with Crippen LogP contribution in [-0.2, 0) is 27.8 Å². The van der Waals surface area contributed by atoms with Crippen LogP contribution in [0.2, 0.25) is 0 Å². The number of rotatable bonds is 5. The number of benzene rings is 2. The lowest BCUT2D eigenvalue weighted by molar-refractivity contribution is -0.0355. The van der Waals surface area contributed by atoms with Crippen molar-refractivity contribution in [1.29, 1.82) is 0 Å². The van der Waals surface area contributed by atoms with Gasteiger partial charge in [0.15, 0.2) is 9.84 Å². The Labute approximate surface area is 207 Å². The van der Waals surface area contributed by atoms with Crippen LogP contribution in [0.5, 0.6) is 5.75 Å². The number of fused-ring (bicyclic) bond motifs is 1. The lowest BCUT2D eigenvalue weighted by atomic mass is 9.81. The summed E-state index contributed by atoms with van der Waals surface area (Å²) in [6.45, 7) is 8.91. The number of likely N-dealkylation sites (tertiary alicyclic amines) is 1. The smallest absolute Gasteiger partial charge is 0.242 e. The number of nitrogens with zero attached hydrogens (tertiary/aromatic N) is 3. The van der Waals surface area contributed by atoms with Gasteiger partial charge in [-0.3, -0.25) is 4.90 Å². The summed E-state index contributed by atoms with van der Waals surface area (Å²) in [5.74, 6) is 1.10. The molecule has 0 unspecified atom stereocenters. The second-order valence-electron chi connectivity index (χ2n) is 10.8.